The van der Waals surface area contributed by atoms with Crippen LogP contribution in [0, 0.1) is 5.92 Å². The summed E-state index contributed by atoms with van der Waals surface area (Å²) in [5.74, 6) is -0.242. The molecule has 0 heterocycles. The molecule has 3 nitrogen and oxygen atoms in total. The number of rotatable bonds is 11. The Kier molecular flexibility index (Phi) is 9.74. The topological polar surface area (TPSA) is 54.4 Å². The molecule has 1 N–H and O–H groups in total. The zero-order chi connectivity index (χ0) is 14.0. The fraction of sp³-hybridized carbons (Fsp3) is 0.786. The van der Waals surface area contributed by atoms with Crippen LogP contribution in [0.1, 0.15) is 65.2 Å². The van der Waals surface area contributed by atoms with Gasteiger partial charge in [0.2, 0.25) is 0 Å². The van der Waals surface area contributed by atoms with Crippen molar-refractivity contribution in [2.24, 2.45) is 5.92 Å². The molecule has 0 amide bonds. The van der Waals surface area contributed by atoms with Gasteiger partial charge in [0.05, 0.1) is 0 Å². The third-order valence-corrected chi connectivity index (χ3v) is 3.53. The number of carbonyl (C=O) groups is 2. The van der Waals surface area contributed by atoms with Gasteiger partial charge in [-0.1, -0.05) is 32.0 Å². The largest absolute Gasteiger partial charge is 0.481 e. The molecule has 0 rings (SSSR count). The van der Waals surface area contributed by atoms with Crippen LogP contribution in [0.2, 0.25) is 0 Å². The second-order valence-corrected chi connectivity index (χ2v) is 5.32. The summed E-state index contributed by atoms with van der Waals surface area (Å²) in [6.45, 7) is 3.70. The molecule has 0 spiro atoms. The first-order chi connectivity index (χ1) is 8.47. The van der Waals surface area contributed by atoms with Crippen molar-refractivity contribution in [1.29, 1.82) is 0 Å². The van der Waals surface area contributed by atoms with E-state index in [-0.39, 0.29) is 12.2 Å². The fourth-order valence-electron chi connectivity index (χ4n) is 1.96. The Morgan fingerprint density at radius 2 is 1.78 bits per heavy atom. The molecule has 0 aromatic rings. The molecular weight excluding hydrogens is 248 g/mol. The maximum atomic E-state index is 11.0. The Morgan fingerprint density at radius 3 is 2.28 bits per heavy atom. The van der Waals surface area contributed by atoms with Gasteiger partial charge in [0.25, 0.3) is 0 Å². The van der Waals surface area contributed by atoms with Gasteiger partial charge in [0, 0.05) is 12.8 Å². The Morgan fingerprint density at radius 1 is 1.11 bits per heavy atom. The van der Waals surface area contributed by atoms with E-state index < -0.39 is 5.97 Å². The van der Waals surface area contributed by atoms with E-state index in [2.05, 4.69) is 6.92 Å². The van der Waals surface area contributed by atoms with Crippen molar-refractivity contribution < 1.29 is 14.7 Å². The van der Waals surface area contributed by atoms with Gasteiger partial charge in [-0.2, -0.15) is 0 Å². The number of Topliss-reactive ketones (excluding diaryl/α,β-unsaturated/α-hetero) is 1. The molecular formula is C14H24O3S. The number of carboxylic acid groups (broad SMARTS) is 1. The van der Waals surface area contributed by atoms with Crippen molar-refractivity contribution in [2.45, 2.75) is 65.2 Å². The second kappa shape index (κ2) is 10.2. The Bertz CT molecular complexity index is 287. The summed E-state index contributed by atoms with van der Waals surface area (Å²) in [6.07, 6.45) is 6.06. The normalized spacial score (nSPS) is 12.1. The average molecular weight is 272 g/mol. The zero-order valence-electron chi connectivity index (χ0n) is 11.4. The molecule has 0 saturated heterocycles. The van der Waals surface area contributed by atoms with Crippen LogP contribution in [0.3, 0.4) is 0 Å². The van der Waals surface area contributed by atoms with Crippen LogP contribution in [-0.4, -0.2) is 21.7 Å². The summed E-state index contributed by atoms with van der Waals surface area (Å²) in [5.41, 5.74) is 0. The number of carboxylic acids is 1. The van der Waals surface area contributed by atoms with Crippen LogP contribution in [0.25, 0.3) is 0 Å². The SMILES string of the molecule is CCCC(=S)C(CCCCC(=O)O)CCC(C)=O. The molecule has 0 aliphatic heterocycles. The monoisotopic (exact) mass is 272 g/mol. The number of carbonyl (C=O) groups excluding carboxylic acids is 1. The molecule has 1 atom stereocenters. The van der Waals surface area contributed by atoms with Crippen LogP contribution >= 0.6 is 12.2 Å². The molecule has 0 aromatic heterocycles. The summed E-state index contributed by atoms with van der Waals surface area (Å²) < 4.78 is 0. The van der Waals surface area contributed by atoms with Gasteiger partial charge in [0.15, 0.2) is 0 Å². The van der Waals surface area contributed by atoms with Crippen molar-refractivity contribution >= 4 is 28.8 Å². The molecule has 0 radical (unpaired) electrons. The van der Waals surface area contributed by atoms with Gasteiger partial charge < -0.3 is 9.90 Å². The van der Waals surface area contributed by atoms with Crippen molar-refractivity contribution in [3.63, 3.8) is 0 Å². The molecule has 4 heteroatoms. The highest BCUT2D eigenvalue weighted by Crippen LogP contribution is 2.20. The maximum absolute atomic E-state index is 11.0. The molecule has 0 saturated carbocycles. The van der Waals surface area contributed by atoms with Gasteiger partial charge in [-0.15, -0.1) is 0 Å². The number of hydrogen-bond donors (Lipinski definition) is 1. The lowest BCUT2D eigenvalue weighted by molar-refractivity contribution is -0.137. The van der Waals surface area contributed by atoms with Crippen molar-refractivity contribution in [2.75, 3.05) is 0 Å². The van der Waals surface area contributed by atoms with Crippen molar-refractivity contribution in [3.8, 4) is 0 Å². The Hall–Kier alpha value is -0.770. The molecule has 18 heavy (non-hydrogen) atoms. The van der Waals surface area contributed by atoms with E-state index in [1.54, 1.807) is 6.92 Å². The van der Waals surface area contributed by atoms with E-state index in [4.69, 9.17) is 17.3 Å². The first kappa shape index (κ1) is 17.2. The first-order valence-corrected chi connectivity index (χ1v) is 7.12. The lowest BCUT2D eigenvalue weighted by atomic mass is 9.90. The predicted octanol–water partition coefficient (Wildman–Crippen LogP) is 3.79. The highest BCUT2D eigenvalue weighted by atomic mass is 32.1. The summed E-state index contributed by atoms with van der Waals surface area (Å²) in [7, 11) is 0. The minimum atomic E-state index is -0.744. The van der Waals surface area contributed by atoms with E-state index in [0.717, 1.165) is 37.0 Å². The molecule has 104 valence electrons. The quantitative estimate of drug-likeness (QED) is 0.459. The maximum Gasteiger partial charge on any atom is 0.303 e. The fourth-order valence-corrected chi connectivity index (χ4v) is 2.40. The van der Waals surface area contributed by atoms with Crippen LogP contribution in [0.5, 0.6) is 0 Å². The molecule has 0 aliphatic rings. The second-order valence-electron chi connectivity index (χ2n) is 4.79. The minimum absolute atomic E-state index is 0.199. The van der Waals surface area contributed by atoms with Crippen LogP contribution in [-0.2, 0) is 9.59 Å². The highest BCUT2D eigenvalue weighted by molar-refractivity contribution is 7.80. The number of hydrogen-bond acceptors (Lipinski definition) is 3. The third kappa shape index (κ3) is 9.28. The summed E-state index contributed by atoms with van der Waals surface area (Å²) in [4.78, 5) is 22.5. The van der Waals surface area contributed by atoms with Crippen LogP contribution in [0.15, 0.2) is 0 Å². The summed E-state index contributed by atoms with van der Waals surface area (Å²) in [5, 5.41) is 8.58. The molecule has 0 bridgehead atoms. The number of thiocarbonyl (C=S) groups is 1. The first-order valence-electron chi connectivity index (χ1n) is 6.71. The standard InChI is InChI=1S/C14H24O3S/c1-3-6-13(18)12(10-9-11(2)15)7-4-5-8-14(16)17/h12H,3-10H2,1-2H3,(H,16,17). The number of unbranched alkanes of at least 4 members (excludes halogenated alkanes) is 1. The van der Waals surface area contributed by atoms with E-state index in [0.29, 0.717) is 18.8 Å². The van der Waals surface area contributed by atoms with Gasteiger partial charge in [-0.3, -0.25) is 4.79 Å². The third-order valence-electron chi connectivity index (χ3n) is 2.99. The average Bonchev–Trinajstić information content (AvgIpc) is 2.27. The van der Waals surface area contributed by atoms with E-state index in [1.165, 1.54) is 0 Å². The summed E-state index contributed by atoms with van der Waals surface area (Å²) >= 11 is 5.40. The van der Waals surface area contributed by atoms with Gasteiger partial charge in [-0.25, -0.2) is 0 Å². The van der Waals surface area contributed by atoms with E-state index in [1.807, 2.05) is 0 Å². The zero-order valence-corrected chi connectivity index (χ0v) is 12.2. The lowest BCUT2D eigenvalue weighted by Crippen LogP contribution is -2.14. The van der Waals surface area contributed by atoms with Crippen LogP contribution in [0.4, 0.5) is 0 Å². The highest BCUT2D eigenvalue weighted by Gasteiger charge is 2.14. The van der Waals surface area contributed by atoms with Crippen LogP contribution < -0.4 is 0 Å². The smallest absolute Gasteiger partial charge is 0.303 e. The van der Waals surface area contributed by atoms with Crippen molar-refractivity contribution in [3.05, 3.63) is 0 Å². The van der Waals surface area contributed by atoms with Gasteiger partial charge in [0.1, 0.15) is 5.78 Å². The van der Waals surface area contributed by atoms with E-state index in [9.17, 15) is 9.59 Å². The van der Waals surface area contributed by atoms with Gasteiger partial charge in [-0.05, 0) is 43.4 Å². The summed E-state index contributed by atoms with van der Waals surface area (Å²) in [6, 6.07) is 0. The van der Waals surface area contributed by atoms with E-state index >= 15 is 0 Å². The lowest BCUT2D eigenvalue weighted by Gasteiger charge is -2.17. The molecule has 0 aliphatic carbocycles. The molecule has 0 aromatic carbocycles. The Balaban J connectivity index is 4.07. The number of aliphatic carboxylic acids is 1. The Labute approximate surface area is 115 Å². The number of ketones is 1. The van der Waals surface area contributed by atoms with Crippen molar-refractivity contribution in [1.82, 2.24) is 0 Å². The van der Waals surface area contributed by atoms with Gasteiger partial charge >= 0.3 is 5.97 Å². The predicted molar refractivity (Wildman–Crippen MR) is 77.0 cm³/mol. The molecule has 0 fully saturated rings. The minimum Gasteiger partial charge on any atom is -0.481 e. The molecule has 1 unspecified atom stereocenters.